The van der Waals surface area contributed by atoms with E-state index in [0.29, 0.717) is 6.67 Å². The smallest absolute Gasteiger partial charge is 0.209 e. The number of anilines is 2. The molecule has 1 aromatic carbocycles. The molecule has 2 aromatic rings. The van der Waals surface area contributed by atoms with Crippen LogP contribution in [0.25, 0.3) is 0 Å². The zero-order valence-electron chi connectivity index (χ0n) is 13.2. The van der Waals surface area contributed by atoms with E-state index in [2.05, 4.69) is 22.2 Å². The minimum absolute atomic E-state index is 0.255. The lowest BCUT2D eigenvalue weighted by Crippen LogP contribution is -2.42. The number of nitrogens with zero attached hydrogens (tertiary/aromatic N) is 3. The van der Waals surface area contributed by atoms with Crippen molar-refractivity contribution >= 4 is 34.4 Å². The maximum absolute atomic E-state index is 5.56. The summed E-state index contributed by atoms with van der Waals surface area (Å²) in [5.41, 5.74) is 0.931. The molecule has 1 aliphatic rings. The summed E-state index contributed by atoms with van der Waals surface area (Å²) in [4.78, 5) is 2.30. The summed E-state index contributed by atoms with van der Waals surface area (Å²) in [6, 6.07) is 7.75. The van der Waals surface area contributed by atoms with Gasteiger partial charge in [-0.3, -0.25) is 4.90 Å². The Hall–Kier alpha value is -1.48. The summed E-state index contributed by atoms with van der Waals surface area (Å²) in [5, 5.41) is 8.64. The third-order valence-corrected chi connectivity index (χ3v) is 4.81. The van der Waals surface area contributed by atoms with Gasteiger partial charge in [0.15, 0.2) is 3.95 Å². The van der Waals surface area contributed by atoms with Gasteiger partial charge in [0.2, 0.25) is 5.13 Å². The van der Waals surface area contributed by atoms with Gasteiger partial charge in [-0.1, -0.05) is 17.4 Å². The predicted octanol–water partition coefficient (Wildman–Crippen LogP) is 3.10. The second-order valence-electron chi connectivity index (χ2n) is 5.43. The van der Waals surface area contributed by atoms with Crippen molar-refractivity contribution in [1.29, 1.82) is 0 Å². The molecule has 124 valence electrons. The van der Waals surface area contributed by atoms with E-state index in [0.717, 1.165) is 40.2 Å². The van der Waals surface area contributed by atoms with Crippen molar-refractivity contribution < 1.29 is 9.47 Å². The maximum Gasteiger partial charge on any atom is 0.209 e. The molecule has 1 N–H and O–H groups in total. The first-order valence-corrected chi connectivity index (χ1v) is 8.69. The molecule has 23 heavy (non-hydrogen) atoms. The Morgan fingerprint density at radius 3 is 3.17 bits per heavy atom. The minimum Gasteiger partial charge on any atom is -0.497 e. The molecule has 1 aliphatic heterocycles. The average molecular weight is 352 g/mol. The summed E-state index contributed by atoms with van der Waals surface area (Å²) in [7, 11) is 1.65. The highest BCUT2D eigenvalue weighted by atomic mass is 32.1. The average Bonchev–Trinajstić information content (AvgIpc) is 2.87. The first kappa shape index (κ1) is 16.4. The molecule has 1 fully saturated rings. The Bertz CT molecular complexity index is 715. The standard InChI is InChI=1S/C15H20N4O2S2/c1-11-9-18(6-7-21-11)10-19-15(22)23-14(17-19)16-12-4-3-5-13(8-12)20-2/h3-5,8,11H,6-7,9-10H2,1-2H3,(H,16,17)/t11-/m0/s1. The van der Waals surface area contributed by atoms with Crippen LogP contribution in [-0.4, -0.2) is 47.6 Å². The van der Waals surface area contributed by atoms with E-state index >= 15 is 0 Å². The van der Waals surface area contributed by atoms with E-state index in [-0.39, 0.29) is 6.10 Å². The fourth-order valence-electron chi connectivity index (χ4n) is 2.48. The minimum atomic E-state index is 0.255. The topological polar surface area (TPSA) is 51.5 Å². The van der Waals surface area contributed by atoms with Crippen LogP contribution >= 0.6 is 23.6 Å². The number of benzene rings is 1. The lowest BCUT2D eigenvalue weighted by molar-refractivity contribution is -0.0305. The van der Waals surface area contributed by atoms with Crippen molar-refractivity contribution in [2.75, 3.05) is 32.1 Å². The van der Waals surface area contributed by atoms with Gasteiger partial charge in [-0.25, -0.2) is 4.68 Å². The zero-order chi connectivity index (χ0) is 16.2. The van der Waals surface area contributed by atoms with Gasteiger partial charge in [-0.15, -0.1) is 5.10 Å². The number of rotatable bonds is 5. The van der Waals surface area contributed by atoms with Gasteiger partial charge in [0.1, 0.15) is 5.75 Å². The van der Waals surface area contributed by atoms with E-state index in [4.69, 9.17) is 21.7 Å². The van der Waals surface area contributed by atoms with Crippen molar-refractivity contribution in [1.82, 2.24) is 14.7 Å². The summed E-state index contributed by atoms with van der Waals surface area (Å²) < 4.78 is 13.4. The molecule has 1 saturated heterocycles. The Kier molecular flexibility index (Phi) is 5.27. The van der Waals surface area contributed by atoms with Crippen molar-refractivity contribution in [3.63, 3.8) is 0 Å². The number of methoxy groups -OCH3 is 1. The highest BCUT2D eigenvalue weighted by molar-refractivity contribution is 7.73. The van der Waals surface area contributed by atoms with Gasteiger partial charge < -0.3 is 14.8 Å². The number of morpholine rings is 1. The number of hydrogen-bond donors (Lipinski definition) is 1. The largest absolute Gasteiger partial charge is 0.497 e. The van der Waals surface area contributed by atoms with Crippen LogP contribution in [0.2, 0.25) is 0 Å². The van der Waals surface area contributed by atoms with Gasteiger partial charge in [0.05, 0.1) is 26.5 Å². The molecule has 8 heteroatoms. The fraction of sp³-hybridized carbons (Fsp3) is 0.467. The first-order valence-electron chi connectivity index (χ1n) is 7.47. The van der Waals surface area contributed by atoms with Crippen LogP contribution in [0.3, 0.4) is 0 Å². The van der Waals surface area contributed by atoms with Crippen LogP contribution in [0.4, 0.5) is 10.8 Å². The maximum atomic E-state index is 5.56. The number of ether oxygens (including phenoxy) is 2. The van der Waals surface area contributed by atoms with Crippen molar-refractivity contribution in [3.05, 3.63) is 28.2 Å². The van der Waals surface area contributed by atoms with Crippen LogP contribution in [0, 0.1) is 3.95 Å². The molecule has 3 rings (SSSR count). The van der Waals surface area contributed by atoms with E-state index in [1.165, 1.54) is 11.3 Å². The Morgan fingerprint density at radius 1 is 1.52 bits per heavy atom. The molecule has 0 bridgehead atoms. The summed E-state index contributed by atoms with van der Waals surface area (Å²) >= 11 is 6.90. The number of aromatic nitrogens is 2. The quantitative estimate of drug-likeness (QED) is 0.835. The second-order valence-corrected chi connectivity index (χ2v) is 7.05. The van der Waals surface area contributed by atoms with Gasteiger partial charge in [-0.05, 0) is 31.3 Å². The van der Waals surface area contributed by atoms with Gasteiger partial charge in [0.25, 0.3) is 0 Å². The van der Waals surface area contributed by atoms with Crippen molar-refractivity contribution in [2.24, 2.45) is 0 Å². The third kappa shape index (κ3) is 4.29. The van der Waals surface area contributed by atoms with Crippen LogP contribution in [0.5, 0.6) is 5.75 Å². The molecule has 6 nitrogen and oxygen atoms in total. The van der Waals surface area contributed by atoms with Crippen molar-refractivity contribution in [2.45, 2.75) is 19.7 Å². The van der Waals surface area contributed by atoms with Crippen molar-refractivity contribution in [3.8, 4) is 5.75 Å². The summed E-state index contributed by atoms with van der Waals surface area (Å²) in [6.45, 7) is 5.35. The fourth-order valence-corrected chi connectivity index (χ4v) is 3.49. The van der Waals surface area contributed by atoms with E-state index in [9.17, 15) is 0 Å². The number of hydrogen-bond acceptors (Lipinski definition) is 7. The summed E-state index contributed by atoms with van der Waals surface area (Å²) in [6.07, 6.45) is 0.255. The molecule has 0 amide bonds. The molecule has 0 unspecified atom stereocenters. The van der Waals surface area contributed by atoms with Crippen LogP contribution < -0.4 is 10.1 Å². The molecule has 0 saturated carbocycles. The molecular weight excluding hydrogens is 332 g/mol. The molecule has 0 radical (unpaired) electrons. The van der Waals surface area contributed by atoms with Crippen LogP contribution in [0.15, 0.2) is 24.3 Å². The first-order chi connectivity index (χ1) is 11.1. The lowest BCUT2D eigenvalue weighted by atomic mass is 10.3. The Morgan fingerprint density at radius 2 is 2.39 bits per heavy atom. The molecule has 2 heterocycles. The highest BCUT2D eigenvalue weighted by Crippen LogP contribution is 2.23. The molecule has 0 spiro atoms. The van der Waals surface area contributed by atoms with E-state index < -0.39 is 0 Å². The SMILES string of the molecule is COc1cccc(Nc2nn(CN3CCO[C@@H](C)C3)c(=S)s2)c1. The monoisotopic (exact) mass is 352 g/mol. The lowest BCUT2D eigenvalue weighted by Gasteiger charge is -2.30. The molecule has 1 atom stereocenters. The molecular formula is C15H20N4O2S2. The summed E-state index contributed by atoms with van der Waals surface area (Å²) in [5.74, 6) is 0.806. The number of nitrogens with one attached hydrogen (secondary N) is 1. The Labute approximate surface area is 144 Å². The second kappa shape index (κ2) is 7.39. The van der Waals surface area contributed by atoms with Crippen LogP contribution in [0.1, 0.15) is 6.92 Å². The third-order valence-electron chi connectivity index (χ3n) is 3.59. The van der Waals surface area contributed by atoms with Crippen LogP contribution in [-0.2, 0) is 11.4 Å². The molecule has 0 aliphatic carbocycles. The predicted molar refractivity (Wildman–Crippen MR) is 94.2 cm³/mol. The Balaban J connectivity index is 1.69. The normalized spacial score (nSPS) is 18.8. The van der Waals surface area contributed by atoms with E-state index in [1.54, 1.807) is 7.11 Å². The zero-order valence-corrected chi connectivity index (χ0v) is 14.8. The van der Waals surface area contributed by atoms with Gasteiger partial charge >= 0.3 is 0 Å². The van der Waals surface area contributed by atoms with Gasteiger partial charge in [0, 0.05) is 24.8 Å². The van der Waals surface area contributed by atoms with E-state index in [1.807, 2.05) is 28.9 Å². The highest BCUT2D eigenvalue weighted by Gasteiger charge is 2.17. The molecule has 1 aromatic heterocycles. The van der Waals surface area contributed by atoms with Gasteiger partial charge in [-0.2, -0.15) is 0 Å².